The van der Waals surface area contributed by atoms with Gasteiger partial charge >= 0.3 is 0 Å². The van der Waals surface area contributed by atoms with Gasteiger partial charge < -0.3 is 0 Å². The van der Waals surface area contributed by atoms with Crippen LogP contribution in [0, 0.1) is 16.6 Å². The fourth-order valence-corrected chi connectivity index (χ4v) is 1.01. The highest BCUT2D eigenvalue weighted by atomic mass is 79.9. The normalized spacial score (nSPS) is 8.64. The highest BCUT2D eigenvalue weighted by molar-refractivity contribution is 9.12. The first kappa shape index (κ1) is 8.58. The van der Waals surface area contributed by atoms with Gasteiger partial charge in [-0.05, 0) is 23.0 Å². The van der Waals surface area contributed by atoms with Crippen molar-refractivity contribution in [1.82, 2.24) is 0 Å². The molecule has 1 rings (SSSR count). The van der Waals surface area contributed by atoms with Crippen LogP contribution in [0.4, 0.5) is 4.39 Å². The summed E-state index contributed by atoms with van der Waals surface area (Å²) in [5, 5.41) is 0.377. The van der Waals surface area contributed by atoms with E-state index in [9.17, 15) is 4.39 Å². The van der Waals surface area contributed by atoms with Crippen molar-refractivity contribution in [3.05, 3.63) is 34.6 Å². The van der Waals surface area contributed by atoms with E-state index in [2.05, 4.69) is 26.7 Å². The third kappa shape index (κ3) is 2.21. The number of benzene rings is 1. The molecule has 0 fully saturated rings. The summed E-state index contributed by atoms with van der Waals surface area (Å²) in [4.78, 5) is 2.42. The van der Waals surface area contributed by atoms with Crippen molar-refractivity contribution in [2.45, 2.75) is 0 Å². The third-order valence-corrected chi connectivity index (χ3v) is 1.55. The number of rotatable bonds is 0. The van der Waals surface area contributed by atoms with Crippen LogP contribution < -0.4 is 0 Å². The Balaban J connectivity index is 3.16. The molecule has 56 valence electrons. The summed E-state index contributed by atoms with van der Waals surface area (Å²) in [7, 11) is 0. The topological polar surface area (TPSA) is 0 Å². The predicted molar refractivity (Wildman–Crippen MR) is 47.2 cm³/mol. The highest BCUT2D eigenvalue weighted by Gasteiger charge is 1.98. The first-order valence-corrected chi connectivity index (χ1v) is 3.98. The van der Waals surface area contributed by atoms with Crippen molar-refractivity contribution >= 4 is 27.5 Å². The van der Waals surface area contributed by atoms with Gasteiger partial charge in [-0.3, -0.25) is 0 Å². The molecule has 1 aromatic rings. The van der Waals surface area contributed by atoms with Gasteiger partial charge in [0.25, 0.3) is 0 Å². The van der Waals surface area contributed by atoms with E-state index in [4.69, 9.17) is 11.6 Å². The minimum Gasteiger partial charge on any atom is -0.206 e. The molecule has 0 aliphatic rings. The summed E-state index contributed by atoms with van der Waals surface area (Å²) in [6, 6.07) is 4.36. The van der Waals surface area contributed by atoms with E-state index in [1.165, 1.54) is 12.1 Å². The Kier molecular flexibility index (Phi) is 2.92. The predicted octanol–water partition coefficient (Wildman–Crippen LogP) is 3.18. The first-order valence-electron chi connectivity index (χ1n) is 2.80. The van der Waals surface area contributed by atoms with Crippen molar-refractivity contribution in [2.24, 2.45) is 0 Å². The molecule has 0 aromatic heterocycles. The molecule has 0 N–H and O–H groups in total. The van der Waals surface area contributed by atoms with Crippen LogP contribution in [0.3, 0.4) is 0 Å². The average molecular weight is 233 g/mol. The maximum Gasteiger partial charge on any atom is 0.140 e. The number of halogens is 3. The number of hydrogen-bond donors (Lipinski definition) is 0. The van der Waals surface area contributed by atoms with Gasteiger partial charge in [-0.25, -0.2) is 4.39 Å². The summed E-state index contributed by atoms with van der Waals surface area (Å²) in [5.74, 6) is 2.14. The van der Waals surface area contributed by atoms with Crippen molar-refractivity contribution in [1.29, 1.82) is 0 Å². The Hall–Kier alpha value is -0.520. The first-order chi connectivity index (χ1) is 5.24. The molecule has 0 unspecified atom stereocenters. The van der Waals surface area contributed by atoms with E-state index in [1.807, 2.05) is 0 Å². The van der Waals surface area contributed by atoms with Crippen LogP contribution in [0.25, 0.3) is 0 Å². The summed E-state index contributed by atoms with van der Waals surface area (Å²) >= 11 is 8.40. The molecule has 1 aromatic carbocycles. The maximum absolute atomic E-state index is 12.8. The van der Waals surface area contributed by atoms with Crippen molar-refractivity contribution in [3.8, 4) is 10.8 Å². The summed E-state index contributed by atoms with van der Waals surface area (Å²) in [6.07, 6.45) is 0. The molecule has 0 nitrogen and oxygen atoms in total. The zero-order valence-electron chi connectivity index (χ0n) is 5.37. The lowest BCUT2D eigenvalue weighted by molar-refractivity contribution is 0.624. The van der Waals surface area contributed by atoms with Crippen LogP contribution in [-0.4, -0.2) is 0 Å². The highest BCUT2D eigenvalue weighted by Crippen LogP contribution is 2.13. The third-order valence-electron chi connectivity index (χ3n) is 1.11. The largest absolute Gasteiger partial charge is 0.206 e. The van der Waals surface area contributed by atoms with Crippen LogP contribution in [0.5, 0.6) is 0 Å². The lowest BCUT2D eigenvalue weighted by atomic mass is 10.2. The molecule has 0 spiro atoms. The Morgan fingerprint density at radius 3 is 2.73 bits per heavy atom. The summed E-state index contributed by atoms with van der Waals surface area (Å²) < 4.78 is 12.8. The molecule has 0 saturated heterocycles. The quantitative estimate of drug-likeness (QED) is 0.604. The number of hydrogen-bond acceptors (Lipinski definition) is 0. The zero-order chi connectivity index (χ0) is 8.27. The monoisotopic (exact) mass is 232 g/mol. The second-order valence-electron chi connectivity index (χ2n) is 1.84. The van der Waals surface area contributed by atoms with Gasteiger partial charge in [-0.2, -0.15) is 0 Å². The molecular formula is C8H3BrClF. The average Bonchev–Trinajstić information content (AvgIpc) is 1.95. The molecule has 0 atom stereocenters. The zero-order valence-corrected chi connectivity index (χ0v) is 7.71. The Labute approximate surface area is 77.5 Å². The van der Waals surface area contributed by atoms with Crippen molar-refractivity contribution in [2.75, 3.05) is 0 Å². The van der Waals surface area contributed by atoms with Gasteiger partial charge in [-0.15, -0.1) is 0 Å². The van der Waals surface area contributed by atoms with Crippen molar-refractivity contribution in [3.63, 3.8) is 0 Å². The molecule has 0 aliphatic carbocycles. The molecule has 0 radical (unpaired) electrons. The van der Waals surface area contributed by atoms with Crippen LogP contribution in [0.2, 0.25) is 5.02 Å². The fourth-order valence-electron chi connectivity index (χ4n) is 0.642. The molecule has 11 heavy (non-hydrogen) atoms. The van der Waals surface area contributed by atoms with E-state index < -0.39 is 5.82 Å². The molecule has 0 saturated carbocycles. The Bertz CT molecular complexity index is 325. The molecule has 0 aliphatic heterocycles. The molecule has 0 heterocycles. The van der Waals surface area contributed by atoms with Gasteiger partial charge in [0.15, 0.2) is 0 Å². The lowest BCUT2D eigenvalue weighted by Gasteiger charge is -1.93. The maximum atomic E-state index is 12.8. The minimum absolute atomic E-state index is 0.339. The molecule has 0 amide bonds. The van der Waals surface area contributed by atoms with Gasteiger partial charge in [-0.1, -0.05) is 17.5 Å². The second-order valence-corrected chi connectivity index (χ2v) is 2.68. The van der Waals surface area contributed by atoms with Crippen LogP contribution in [0.1, 0.15) is 5.56 Å². The Morgan fingerprint density at radius 1 is 1.45 bits per heavy atom. The fraction of sp³-hybridized carbons (Fsp3) is 0. The molecule has 0 bridgehead atoms. The lowest BCUT2D eigenvalue weighted by Crippen LogP contribution is -1.81. The van der Waals surface area contributed by atoms with E-state index in [-0.39, 0.29) is 0 Å². The van der Waals surface area contributed by atoms with Crippen LogP contribution in [-0.2, 0) is 0 Å². The van der Waals surface area contributed by atoms with Gasteiger partial charge in [0.05, 0.1) is 5.56 Å². The van der Waals surface area contributed by atoms with E-state index in [0.29, 0.717) is 10.6 Å². The molecule has 3 heteroatoms. The van der Waals surface area contributed by atoms with E-state index >= 15 is 0 Å². The SMILES string of the molecule is Fc1cc(Cl)ccc1C#CBr. The van der Waals surface area contributed by atoms with Crippen molar-refractivity contribution < 1.29 is 4.39 Å². The van der Waals surface area contributed by atoms with Gasteiger partial charge in [0, 0.05) is 21.0 Å². The van der Waals surface area contributed by atoms with Gasteiger partial charge in [0.2, 0.25) is 0 Å². The standard InChI is InChI=1S/C8H3BrClF/c9-4-3-6-1-2-7(10)5-8(6)11/h1-2,5H. The summed E-state index contributed by atoms with van der Waals surface area (Å²) in [5.41, 5.74) is 0.339. The smallest absolute Gasteiger partial charge is 0.140 e. The van der Waals surface area contributed by atoms with Crippen LogP contribution >= 0.6 is 27.5 Å². The molecular weight excluding hydrogens is 230 g/mol. The second kappa shape index (κ2) is 3.75. The Morgan fingerprint density at radius 2 is 2.18 bits per heavy atom. The summed E-state index contributed by atoms with van der Waals surface area (Å²) in [6.45, 7) is 0. The van der Waals surface area contributed by atoms with E-state index in [0.717, 1.165) is 0 Å². The van der Waals surface area contributed by atoms with Gasteiger partial charge in [0.1, 0.15) is 5.82 Å². The van der Waals surface area contributed by atoms with E-state index in [1.54, 1.807) is 6.07 Å². The minimum atomic E-state index is -0.399. The van der Waals surface area contributed by atoms with Crippen LogP contribution in [0.15, 0.2) is 18.2 Å².